The maximum atomic E-state index is 14.5. The largest absolute Gasteiger partial charge is 0.330 e. The molecule has 6 heteroatoms. The van der Waals surface area contributed by atoms with Crippen LogP contribution in [0.25, 0.3) is 11.1 Å². The van der Waals surface area contributed by atoms with Gasteiger partial charge in [-0.1, -0.05) is 30.3 Å². The highest BCUT2D eigenvalue weighted by Crippen LogP contribution is 2.27. The lowest BCUT2D eigenvalue weighted by Crippen LogP contribution is -2.23. The molecule has 2 aromatic carbocycles. The molecule has 0 N–H and O–H groups in total. The third-order valence-corrected chi connectivity index (χ3v) is 4.72. The van der Waals surface area contributed by atoms with E-state index in [1.807, 2.05) is 59.4 Å². The Morgan fingerprint density at radius 3 is 2.71 bits per heavy atom. The van der Waals surface area contributed by atoms with Crippen molar-refractivity contribution in [1.82, 2.24) is 12.9 Å². The highest BCUT2D eigenvalue weighted by atomic mass is 127. The van der Waals surface area contributed by atoms with Crippen molar-refractivity contribution in [2.45, 2.75) is 13.1 Å². The van der Waals surface area contributed by atoms with Gasteiger partial charge in [-0.3, -0.25) is 4.79 Å². The van der Waals surface area contributed by atoms with Crippen LogP contribution in [0.4, 0.5) is 4.39 Å². The van der Waals surface area contributed by atoms with Crippen molar-refractivity contribution in [2.24, 2.45) is 0 Å². The van der Waals surface area contributed by atoms with E-state index in [-0.39, 0.29) is 18.3 Å². The van der Waals surface area contributed by atoms with Gasteiger partial charge in [0, 0.05) is 36.0 Å². The second-order valence-corrected chi connectivity index (χ2v) is 6.73. The van der Waals surface area contributed by atoms with Gasteiger partial charge >= 0.3 is 0 Å². The summed E-state index contributed by atoms with van der Waals surface area (Å²) in [4.78, 5) is 14.1. The van der Waals surface area contributed by atoms with Crippen LogP contribution < -0.4 is 0 Å². The fourth-order valence-corrected chi connectivity index (χ4v) is 3.38. The molecule has 1 aromatic heterocycles. The van der Waals surface area contributed by atoms with E-state index in [9.17, 15) is 9.18 Å². The minimum absolute atomic E-state index is 0.0414. The minimum atomic E-state index is -0.308. The van der Waals surface area contributed by atoms with Gasteiger partial charge in [-0.25, -0.2) is 7.29 Å². The molecule has 0 aliphatic carbocycles. The average molecular weight is 433 g/mol. The SMILES string of the molecule is O=C1c2ccccc2CN1Cc1ccc(-c2cnn(I)c2)cc1F. The molecule has 2 heterocycles. The molecule has 0 unspecified atom stereocenters. The summed E-state index contributed by atoms with van der Waals surface area (Å²) < 4.78 is 16.1. The zero-order chi connectivity index (χ0) is 16.7. The number of carbonyl (C=O) groups excluding carboxylic acids is 1. The third kappa shape index (κ3) is 2.71. The molecule has 0 atom stereocenters. The fourth-order valence-electron chi connectivity index (χ4n) is 2.95. The number of aromatic nitrogens is 2. The van der Waals surface area contributed by atoms with Crippen LogP contribution in [0.5, 0.6) is 0 Å². The van der Waals surface area contributed by atoms with Crippen molar-refractivity contribution in [3.8, 4) is 11.1 Å². The van der Waals surface area contributed by atoms with Crippen LogP contribution in [0.3, 0.4) is 0 Å². The Labute approximate surface area is 152 Å². The number of nitrogens with zero attached hydrogens (tertiary/aromatic N) is 3. The van der Waals surface area contributed by atoms with Crippen molar-refractivity contribution in [3.05, 3.63) is 77.4 Å². The topological polar surface area (TPSA) is 38.1 Å². The molecule has 120 valence electrons. The Morgan fingerprint density at radius 2 is 2.00 bits per heavy atom. The van der Waals surface area contributed by atoms with Gasteiger partial charge in [0.2, 0.25) is 0 Å². The molecule has 3 aromatic rings. The third-order valence-electron chi connectivity index (χ3n) is 4.20. The van der Waals surface area contributed by atoms with Crippen LogP contribution in [0, 0.1) is 5.82 Å². The molecule has 0 fully saturated rings. The van der Waals surface area contributed by atoms with Crippen molar-refractivity contribution < 1.29 is 9.18 Å². The Balaban J connectivity index is 1.57. The molecule has 1 amide bonds. The second kappa shape index (κ2) is 6.01. The van der Waals surface area contributed by atoms with Crippen LogP contribution in [0.2, 0.25) is 0 Å². The smallest absolute Gasteiger partial charge is 0.254 e. The predicted octanol–water partition coefficient (Wildman–Crippen LogP) is 4.04. The molecule has 4 rings (SSSR count). The molecule has 0 radical (unpaired) electrons. The quantitative estimate of drug-likeness (QED) is 0.585. The Kier molecular flexibility index (Phi) is 3.84. The molecule has 4 nitrogen and oxygen atoms in total. The summed E-state index contributed by atoms with van der Waals surface area (Å²) >= 11 is 2.05. The van der Waals surface area contributed by atoms with E-state index in [0.717, 1.165) is 16.7 Å². The van der Waals surface area contributed by atoms with Crippen molar-refractivity contribution >= 4 is 28.8 Å². The number of benzene rings is 2. The summed E-state index contributed by atoms with van der Waals surface area (Å²) in [6.07, 6.45) is 3.52. The Morgan fingerprint density at radius 1 is 1.17 bits per heavy atom. The van der Waals surface area contributed by atoms with Crippen LogP contribution in [-0.4, -0.2) is 18.8 Å². The Hall–Kier alpha value is -2.22. The van der Waals surface area contributed by atoms with E-state index in [2.05, 4.69) is 5.10 Å². The number of hydrogen-bond donors (Lipinski definition) is 0. The van der Waals surface area contributed by atoms with Gasteiger partial charge in [0.25, 0.3) is 5.91 Å². The summed E-state index contributed by atoms with van der Waals surface area (Å²) in [7, 11) is 0. The standard InChI is InChI=1S/C18H13FIN3O/c19-17-7-12(15-8-21-23(20)11-15)5-6-14(17)10-22-9-13-3-1-2-4-16(13)18(22)24/h1-8,11H,9-10H2. The molecule has 0 saturated heterocycles. The molecular formula is C18H13FIN3O. The molecule has 1 aliphatic rings. The van der Waals surface area contributed by atoms with Crippen molar-refractivity contribution in [2.75, 3.05) is 0 Å². The summed E-state index contributed by atoms with van der Waals surface area (Å²) in [5, 5.41) is 4.09. The van der Waals surface area contributed by atoms with E-state index in [1.165, 1.54) is 6.07 Å². The molecule has 0 bridgehead atoms. The van der Waals surface area contributed by atoms with Crippen LogP contribution in [-0.2, 0) is 13.1 Å². The molecule has 1 aliphatic heterocycles. The Bertz CT molecular complexity index is 938. The zero-order valence-electron chi connectivity index (χ0n) is 12.6. The highest BCUT2D eigenvalue weighted by molar-refractivity contribution is 14.1. The number of hydrogen-bond acceptors (Lipinski definition) is 2. The first kappa shape index (κ1) is 15.3. The first-order valence-corrected chi connectivity index (χ1v) is 8.45. The first-order chi connectivity index (χ1) is 11.6. The maximum Gasteiger partial charge on any atom is 0.254 e. The molecular weight excluding hydrogens is 420 g/mol. The van der Waals surface area contributed by atoms with Crippen LogP contribution >= 0.6 is 22.9 Å². The van der Waals surface area contributed by atoms with Crippen LogP contribution in [0.1, 0.15) is 21.5 Å². The van der Waals surface area contributed by atoms with Gasteiger partial charge in [0.05, 0.1) is 29.1 Å². The summed E-state index contributed by atoms with van der Waals surface area (Å²) in [6.45, 7) is 0.795. The van der Waals surface area contributed by atoms with Gasteiger partial charge in [0.15, 0.2) is 0 Å². The van der Waals surface area contributed by atoms with Crippen molar-refractivity contribution in [1.29, 1.82) is 0 Å². The van der Waals surface area contributed by atoms with E-state index in [4.69, 9.17) is 0 Å². The van der Waals surface area contributed by atoms with E-state index in [0.29, 0.717) is 17.7 Å². The van der Waals surface area contributed by atoms with Gasteiger partial charge in [-0.2, -0.15) is 5.10 Å². The monoisotopic (exact) mass is 433 g/mol. The zero-order valence-corrected chi connectivity index (χ0v) is 14.8. The normalized spacial score (nSPS) is 13.4. The van der Waals surface area contributed by atoms with Gasteiger partial charge in [-0.15, -0.1) is 0 Å². The number of carbonyl (C=O) groups is 1. The second-order valence-electron chi connectivity index (χ2n) is 5.74. The molecule has 0 spiro atoms. The van der Waals surface area contributed by atoms with E-state index >= 15 is 0 Å². The van der Waals surface area contributed by atoms with Gasteiger partial charge in [0.1, 0.15) is 5.82 Å². The number of rotatable bonds is 3. The minimum Gasteiger partial charge on any atom is -0.330 e. The lowest BCUT2D eigenvalue weighted by molar-refractivity contribution is 0.0765. The fraction of sp³-hybridized carbons (Fsp3) is 0.111. The number of amides is 1. The van der Waals surface area contributed by atoms with E-state index in [1.54, 1.807) is 20.1 Å². The number of fused-ring (bicyclic) bond motifs is 1. The predicted molar refractivity (Wildman–Crippen MR) is 97.1 cm³/mol. The van der Waals surface area contributed by atoms with E-state index < -0.39 is 0 Å². The lowest BCUT2D eigenvalue weighted by Gasteiger charge is -2.16. The number of halogens is 2. The molecule has 24 heavy (non-hydrogen) atoms. The summed E-state index contributed by atoms with van der Waals surface area (Å²) in [5.41, 5.74) is 3.86. The summed E-state index contributed by atoms with van der Waals surface area (Å²) in [5.74, 6) is -0.349. The highest BCUT2D eigenvalue weighted by Gasteiger charge is 2.27. The first-order valence-electron chi connectivity index (χ1n) is 7.48. The molecule has 0 saturated carbocycles. The van der Waals surface area contributed by atoms with Gasteiger partial charge < -0.3 is 4.90 Å². The van der Waals surface area contributed by atoms with Crippen molar-refractivity contribution in [3.63, 3.8) is 0 Å². The van der Waals surface area contributed by atoms with Crippen LogP contribution in [0.15, 0.2) is 54.9 Å². The lowest BCUT2D eigenvalue weighted by atomic mass is 10.1. The summed E-state index contributed by atoms with van der Waals surface area (Å²) in [6, 6.07) is 12.6. The van der Waals surface area contributed by atoms with Gasteiger partial charge in [-0.05, 0) is 23.3 Å². The average Bonchev–Trinajstić information content (AvgIpc) is 3.14. The maximum absolute atomic E-state index is 14.5.